The molecule has 1 aromatic carbocycles. The number of ketones is 1. The SMILES string of the molecule is CC1(NC(=O)C[C@H](NC(=O)CCc2ccc(F)cc2)C(=O)CCCN)CC1. The van der Waals surface area contributed by atoms with E-state index in [-0.39, 0.29) is 48.2 Å². The maximum absolute atomic E-state index is 12.9. The van der Waals surface area contributed by atoms with Crippen LogP contribution >= 0.6 is 0 Å². The summed E-state index contributed by atoms with van der Waals surface area (Å²) >= 11 is 0. The summed E-state index contributed by atoms with van der Waals surface area (Å²) in [6.45, 7) is 2.33. The fourth-order valence-corrected chi connectivity index (χ4v) is 2.76. The number of nitrogens with two attached hydrogens (primary N) is 1. The number of aryl methyl sites for hydroxylation is 1. The molecule has 27 heavy (non-hydrogen) atoms. The number of nitrogens with one attached hydrogen (secondary N) is 2. The van der Waals surface area contributed by atoms with Gasteiger partial charge in [0.25, 0.3) is 0 Å². The largest absolute Gasteiger partial charge is 0.351 e. The predicted molar refractivity (Wildman–Crippen MR) is 100 cm³/mol. The molecule has 148 valence electrons. The molecular formula is C20H28FN3O3. The normalized spacial score (nSPS) is 15.7. The molecule has 0 unspecified atom stereocenters. The zero-order valence-electron chi connectivity index (χ0n) is 15.7. The molecule has 2 rings (SSSR count). The third kappa shape index (κ3) is 7.46. The van der Waals surface area contributed by atoms with E-state index < -0.39 is 6.04 Å². The molecule has 6 nitrogen and oxygen atoms in total. The maximum atomic E-state index is 12.9. The molecule has 4 N–H and O–H groups in total. The van der Waals surface area contributed by atoms with E-state index in [1.54, 1.807) is 12.1 Å². The highest BCUT2D eigenvalue weighted by atomic mass is 19.1. The number of halogens is 1. The van der Waals surface area contributed by atoms with Crippen molar-refractivity contribution in [1.82, 2.24) is 10.6 Å². The Hall–Kier alpha value is -2.28. The molecule has 1 aliphatic carbocycles. The number of Topliss-reactive ketones (excluding diaryl/α,β-unsaturated/α-hetero) is 1. The van der Waals surface area contributed by atoms with Gasteiger partial charge in [0.1, 0.15) is 5.82 Å². The molecule has 0 aliphatic heterocycles. The van der Waals surface area contributed by atoms with Gasteiger partial charge in [0.05, 0.1) is 12.5 Å². The van der Waals surface area contributed by atoms with Crippen molar-refractivity contribution in [2.75, 3.05) is 6.54 Å². The van der Waals surface area contributed by atoms with Crippen LogP contribution in [0.3, 0.4) is 0 Å². The van der Waals surface area contributed by atoms with Crippen LogP contribution in [-0.2, 0) is 20.8 Å². The third-order valence-electron chi connectivity index (χ3n) is 4.74. The molecule has 0 heterocycles. The highest BCUT2D eigenvalue weighted by Gasteiger charge is 2.39. The number of amides is 2. The van der Waals surface area contributed by atoms with Crippen molar-refractivity contribution in [3.05, 3.63) is 35.6 Å². The van der Waals surface area contributed by atoms with Crippen molar-refractivity contribution in [3.63, 3.8) is 0 Å². The Morgan fingerprint density at radius 3 is 2.41 bits per heavy atom. The monoisotopic (exact) mass is 377 g/mol. The predicted octanol–water partition coefficient (Wildman–Crippen LogP) is 1.61. The van der Waals surface area contributed by atoms with E-state index in [0.717, 1.165) is 18.4 Å². The molecule has 2 amide bonds. The summed E-state index contributed by atoms with van der Waals surface area (Å²) < 4.78 is 12.9. The van der Waals surface area contributed by atoms with Gasteiger partial charge in [-0.25, -0.2) is 4.39 Å². The summed E-state index contributed by atoms with van der Waals surface area (Å²) in [7, 11) is 0. The second-order valence-corrected chi connectivity index (χ2v) is 7.42. The molecule has 1 atom stereocenters. The van der Waals surface area contributed by atoms with E-state index in [9.17, 15) is 18.8 Å². The highest BCUT2D eigenvalue weighted by Crippen LogP contribution is 2.34. The van der Waals surface area contributed by atoms with E-state index in [4.69, 9.17) is 5.73 Å². The zero-order valence-corrected chi connectivity index (χ0v) is 15.7. The van der Waals surface area contributed by atoms with Crippen molar-refractivity contribution in [2.24, 2.45) is 5.73 Å². The van der Waals surface area contributed by atoms with Crippen LogP contribution in [-0.4, -0.2) is 35.7 Å². The maximum Gasteiger partial charge on any atom is 0.222 e. The van der Waals surface area contributed by atoms with E-state index in [1.807, 2.05) is 6.92 Å². The number of hydrogen-bond donors (Lipinski definition) is 3. The first kappa shape index (κ1) is 21.0. The van der Waals surface area contributed by atoms with Crippen LogP contribution in [0.15, 0.2) is 24.3 Å². The van der Waals surface area contributed by atoms with E-state index in [0.29, 0.717) is 19.4 Å². The van der Waals surface area contributed by atoms with Gasteiger partial charge in [0.15, 0.2) is 5.78 Å². The summed E-state index contributed by atoms with van der Waals surface area (Å²) in [6.07, 6.45) is 3.11. The molecule has 1 fully saturated rings. The number of carbonyl (C=O) groups excluding carboxylic acids is 3. The van der Waals surface area contributed by atoms with Crippen LogP contribution in [0.25, 0.3) is 0 Å². The molecule has 0 bridgehead atoms. The fourth-order valence-electron chi connectivity index (χ4n) is 2.76. The number of benzene rings is 1. The van der Waals surface area contributed by atoms with Crippen LogP contribution in [0.1, 0.15) is 51.0 Å². The van der Waals surface area contributed by atoms with Crippen molar-refractivity contribution >= 4 is 17.6 Å². The lowest BCUT2D eigenvalue weighted by Gasteiger charge is -2.19. The van der Waals surface area contributed by atoms with Gasteiger partial charge < -0.3 is 16.4 Å². The second kappa shape index (κ2) is 9.60. The van der Waals surface area contributed by atoms with Gasteiger partial charge in [0, 0.05) is 18.4 Å². The first-order valence-electron chi connectivity index (χ1n) is 9.39. The lowest BCUT2D eigenvalue weighted by Crippen LogP contribution is -2.46. The molecule has 7 heteroatoms. The van der Waals surface area contributed by atoms with E-state index in [1.165, 1.54) is 12.1 Å². The Labute approximate surface area is 159 Å². The van der Waals surface area contributed by atoms with Crippen LogP contribution in [0.2, 0.25) is 0 Å². The van der Waals surface area contributed by atoms with Crippen molar-refractivity contribution < 1.29 is 18.8 Å². The minimum absolute atomic E-state index is 0.0682. The van der Waals surface area contributed by atoms with Crippen LogP contribution in [0, 0.1) is 5.82 Å². The standard InChI is InChI=1S/C20H28FN3O3/c1-20(10-11-20)24-19(27)13-16(17(25)3-2-12-22)23-18(26)9-6-14-4-7-15(21)8-5-14/h4-5,7-8,16H,2-3,6,9-13,22H2,1H3,(H,23,26)(H,24,27)/t16-/m0/s1. The molecule has 0 spiro atoms. The summed E-state index contributed by atoms with van der Waals surface area (Å²) in [6, 6.07) is 5.08. The van der Waals surface area contributed by atoms with Crippen molar-refractivity contribution in [2.45, 2.75) is 63.5 Å². The Bertz CT molecular complexity index is 672. The fraction of sp³-hybridized carbons (Fsp3) is 0.550. The molecule has 0 saturated heterocycles. The molecule has 1 aromatic rings. The van der Waals surface area contributed by atoms with Gasteiger partial charge in [-0.1, -0.05) is 12.1 Å². The number of rotatable bonds is 11. The van der Waals surface area contributed by atoms with Crippen molar-refractivity contribution in [1.29, 1.82) is 0 Å². The van der Waals surface area contributed by atoms with Gasteiger partial charge >= 0.3 is 0 Å². The van der Waals surface area contributed by atoms with Gasteiger partial charge in [-0.2, -0.15) is 0 Å². The molecular weight excluding hydrogens is 349 g/mol. The topological polar surface area (TPSA) is 101 Å². The summed E-state index contributed by atoms with van der Waals surface area (Å²) in [5.41, 5.74) is 6.11. The van der Waals surface area contributed by atoms with Gasteiger partial charge in [-0.3, -0.25) is 14.4 Å². The van der Waals surface area contributed by atoms with E-state index >= 15 is 0 Å². The summed E-state index contributed by atoms with van der Waals surface area (Å²) in [5.74, 6) is -1.06. The average molecular weight is 377 g/mol. The lowest BCUT2D eigenvalue weighted by atomic mass is 10.0. The van der Waals surface area contributed by atoms with Crippen LogP contribution < -0.4 is 16.4 Å². The Morgan fingerprint density at radius 1 is 1.15 bits per heavy atom. The first-order valence-corrected chi connectivity index (χ1v) is 9.39. The molecule has 0 aromatic heterocycles. The number of carbonyl (C=O) groups is 3. The smallest absolute Gasteiger partial charge is 0.222 e. The third-order valence-corrected chi connectivity index (χ3v) is 4.74. The van der Waals surface area contributed by atoms with E-state index in [2.05, 4.69) is 10.6 Å². The van der Waals surface area contributed by atoms with Crippen LogP contribution in [0.4, 0.5) is 4.39 Å². The first-order chi connectivity index (χ1) is 12.8. The minimum atomic E-state index is -0.848. The van der Waals surface area contributed by atoms with Crippen molar-refractivity contribution in [3.8, 4) is 0 Å². The number of hydrogen-bond acceptors (Lipinski definition) is 4. The highest BCUT2D eigenvalue weighted by molar-refractivity contribution is 5.93. The average Bonchev–Trinajstić information content (AvgIpc) is 3.35. The molecule has 1 aliphatic rings. The minimum Gasteiger partial charge on any atom is -0.351 e. The second-order valence-electron chi connectivity index (χ2n) is 7.42. The van der Waals surface area contributed by atoms with Gasteiger partial charge in [0.2, 0.25) is 11.8 Å². The quantitative estimate of drug-likeness (QED) is 0.545. The Morgan fingerprint density at radius 2 is 1.81 bits per heavy atom. The Kier molecular flexibility index (Phi) is 7.47. The molecule has 0 radical (unpaired) electrons. The zero-order chi connectivity index (χ0) is 19.9. The Balaban J connectivity index is 1.88. The van der Waals surface area contributed by atoms with Gasteiger partial charge in [-0.15, -0.1) is 0 Å². The molecule has 1 saturated carbocycles. The lowest BCUT2D eigenvalue weighted by molar-refractivity contribution is -0.131. The summed E-state index contributed by atoms with van der Waals surface area (Å²) in [5, 5.41) is 5.59. The van der Waals surface area contributed by atoms with Gasteiger partial charge in [-0.05, 0) is 56.8 Å². The van der Waals surface area contributed by atoms with Crippen LogP contribution in [0.5, 0.6) is 0 Å². The summed E-state index contributed by atoms with van der Waals surface area (Å²) in [4.78, 5) is 36.8.